The molecule has 0 saturated heterocycles. The summed E-state index contributed by atoms with van der Waals surface area (Å²) in [5.74, 6) is 0.901. The molecule has 0 unspecified atom stereocenters. The average molecular weight is 272 g/mol. The molecule has 0 aliphatic carbocycles. The zero-order valence-electron chi connectivity index (χ0n) is 10.2. The monoisotopic (exact) mass is 272 g/mol. The molecule has 2 rings (SSSR count). The Balaban J connectivity index is 2.38. The predicted molar refractivity (Wildman–Crippen MR) is 66.8 cm³/mol. The van der Waals surface area contributed by atoms with E-state index in [1.54, 1.807) is 21.3 Å². The van der Waals surface area contributed by atoms with Gasteiger partial charge in [-0.2, -0.15) is 0 Å². The van der Waals surface area contributed by atoms with Gasteiger partial charge >= 0.3 is 18.8 Å². The van der Waals surface area contributed by atoms with Gasteiger partial charge in [0.05, 0.1) is 6.61 Å². The fraction of sp³-hybridized carbons (Fsp3) is 0.400. The quantitative estimate of drug-likeness (QED) is 0.703. The van der Waals surface area contributed by atoms with Crippen LogP contribution in [0.2, 0.25) is 0 Å². The van der Waals surface area contributed by atoms with E-state index in [-0.39, 0.29) is 0 Å². The first-order valence-electron chi connectivity index (χ1n) is 5.25. The lowest BCUT2D eigenvalue weighted by Crippen LogP contribution is -2.54. The van der Waals surface area contributed by atoms with E-state index in [4.69, 9.17) is 22.1 Å². The molecular weight excluding hydrogens is 256 g/mol. The first-order chi connectivity index (χ1) is 8.25. The van der Waals surface area contributed by atoms with Crippen molar-refractivity contribution < 1.29 is 22.1 Å². The Labute approximate surface area is 104 Å². The fourth-order valence-electron chi connectivity index (χ4n) is 1.88. The second-order valence-corrected chi connectivity index (χ2v) is 7.45. The van der Waals surface area contributed by atoms with Crippen molar-refractivity contribution in [3.8, 4) is 5.75 Å². The van der Waals surface area contributed by atoms with E-state index in [1.165, 1.54) is 0 Å². The van der Waals surface area contributed by atoms with Crippen molar-refractivity contribution in [3.63, 3.8) is 0 Å². The van der Waals surface area contributed by atoms with Crippen molar-refractivity contribution >= 4 is 24.0 Å². The van der Waals surface area contributed by atoms with Gasteiger partial charge in [0.1, 0.15) is 5.75 Å². The average Bonchev–Trinajstić information content (AvgIpc) is 2.41. The molecule has 0 aromatic heterocycles. The third kappa shape index (κ3) is 2.30. The lowest BCUT2D eigenvalue weighted by molar-refractivity contribution is 0.140. The third-order valence-corrected chi connectivity index (χ3v) is 6.21. The molecule has 0 amide bonds. The van der Waals surface area contributed by atoms with E-state index in [0.29, 0.717) is 6.61 Å². The van der Waals surface area contributed by atoms with Gasteiger partial charge in [0.2, 0.25) is 0 Å². The molecule has 1 aliphatic rings. The highest BCUT2D eigenvalue weighted by Gasteiger charge is 2.41. The van der Waals surface area contributed by atoms with Crippen molar-refractivity contribution in [2.24, 2.45) is 0 Å². The maximum absolute atomic E-state index is 5.50. The normalized spacial score (nSPS) is 16.6. The summed E-state index contributed by atoms with van der Waals surface area (Å²) in [6.45, 7) is 0.594. The van der Waals surface area contributed by atoms with Crippen molar-refractivity contribution in [3.05, 3.63) is 23.8 Å². The molecule has 0 N–H and O–H groups in total. The van der Waals surface area contributed by atoms with Crippen molar-refractivity contribution in [2.45, 2.75) is 6.61 Å². The zero-order chi connectivity index (χ0) is 12.3. The van der Waals surface area contributed by atoms with Gasteiger partial charge in [-0.05, 0) is 12.1 Å². The van der Waals surface area contributed by atoms with Crippen LogP contribution in [-0.2, 0) is 24.3 Å². The van der Waals surface area contributed by atoms with E-state index in [9.17, 15) is 0 Å². The van der Waals surface area contributed by atoms with Crippen LogP contribution >= 0.6 is 0 Å². The van der Waals surface area contributed by atoms with Gasteiger partial charge < -0.3 is 22.1 Å². The molecule has 0 atom stereocenters. The molecule has 0 saturated carbocycles. The van der Waals surface area contributed by atoms with Gasteiger partial charge in [0.15, 0.2) is 0 Å². The first-order valence-corrected chi connectivity index (χ1v) is 8.13. The Bertz CT molecular complexity index is 386. The van der Waals surface area contributed by atoms with Gasteiger partial charge in [0.25, 0.3) is 0 Å². The van der Waals surface area contributed by atoms with Crippen LogP contribution in [0.15, 0.2) is 18.2 Å². The highest BCUT2D eigenvalue weighted by atomic mass is 28.4. The molecule has 0 spiro atoms. The Morgan fingerprint density at radius 3 is 2.53 bits per heavy atom. The highest BCUT2D eigenvalue weighted by Crippen LogP contribution is 2.22. The van der Waals surface area contributed by atoms with E-state index in [0.717, 1.165) is 16.5 Å². The Kier molecular flexibility index (Phi) is 3.97. The molecule has 94 valence electrons. The molecule has 0 radical (unpaired) electrons. The molecule has 1 aromatic rings. The molecule has 1 heterocycles. The SMILES string of the molecule is CO[Si](OC)(OC)c1ccc2c(c1)CO[SiH2]O2. The Hall–Kier alpha value is -0.706. The number of hydrogen-bond acceptors (Lipinski definition) is 5. The Morgan fingerprint density at radius 2 is 1.88 bits per heavy atom. The van der Waals surface area contributed by atoms with Crippen LogP contribution in [0.5, 0.6) is 5.75 Å². The predicted octanol–water partition coefficient (Wildman–Crippen LogP) is -0.321. The number of rotatable bonds is 4. The first kappa shape index (κ1) is 12.7. The summed E-state index contributed by atoms with van der Waals surface area (Å²) in [4.78, 5) is 0. The molecule has 5 nitrogen and oxygen atoms in total. The molecule has 17 heavy (non-hydrogen) atoms. The molecule has 0 bridgehead atoms. The maximum atomic E-state index is 5.50. The summed E-state index contributed by atoms with van der Waals surface area (Å²) in [5.41, 5.74) is 1.02. The molecule has 1 aliphatic heterocycles. The number of hydrogen-bond donors (Lipinski definition) is 0. The van der Waals surface area contributed by atoms with Crippen LogP contribution in [0.1, 0.15) is 5.56 Å². The fourth-order valence-corrected chi connectivity index (χ4v) is 4.52. The third-order valence-electron chi connectivity index (χ3n) is 2.78. The minimum absolute atomic E-state index is 0.594. The summed E-state index contributed by atoms with van der Waals surface area (Å²) < 4.78 is 27.2. The summed E-state index contributed by atoms with van der Waals surface area (Å²) in [7, 11) is 1.19. The van der Waals surface area contributed by atoms with Crippen LogP contribution in [0, 0.1) is 0 Å². The highest BCUT2D eigenvalue weighted by molar-refractivity contribution is 6.75. The largest absolute Gasteiger partial charge is 0.536 e. The molecule has 7 heteroatoms. The van der Waals surface area contributed by atoms with E-state index < -0.39 is 18.8 Å². The van der Waals surface area contributed by atoms with Crippen LogP contribution in [0.25, 0.3) is 0 Å². The summed E-state index contributed by atoms with van der Waals surface area (Å²) in [6, 6.07) is 5.84. The topological polar surface area (TPSA) is 46.2 Å². The lowest BCUT2D eigenvalue weighted by atomic mass is 10.2. The maximum Gasteiger partial charge on any atom is 0.536 e. The van der Waals surface area contributed by atoms with E-state index in [1.807, 2.05) is 18.2 Å². The van der Waals surface area contributed by atoms with Crippen LogP contribution in [-0.4, -0.2) is 40.1 Å². The second-order valence-electron chi connectivity index (χ2n) is 3.60. The van der Waals surface area contributed by atoms with Crippen molar-refractivity contribution in [1.29, 1.82) is 0 Å². The van der Waals surface area contributed by atoms with E-state index in [2.05, 4.69) is 0 Å². The van der Waals surface area contributed by atoms with Crippen LogP contribution in [0.4, 0.5) is 0 Å². The molecule has 0 fully saturated rings. The van der Waals surface area contributed by atoms with Gasteiger partial charge in [-0.15, -0.1) is 0 Å². The lowest BCUT2D eigenvalue weighted by Gasteiger charge is -2.26. The summed E-state index contributed by atoms with van der Waals surface area (Å²) in [6.07, 6.45) is 0. The summed E-state index contributed by atoms with van der Waals surface area (Å²) in [5, 5.41) is 0.916. The van der Waals surface area contributed by atoms with Gasteiger partial charge in [-0.3, -0.25) is 0 Å². The number of benzene rings is 1. The molecule has 1 aromatic carbocycles. The number of fused-ring (bicyclic) bond motifs is 1. The zero-order valence-corrected chi connectivity index (χ0v) is 12.6. The Morgan fingerprint density at radius 1 is 1.18 bits per heavy atom. The molecular formula is C10H16O5Si2. The minimum Gasteiger partial charge on any atom is -0.524 e. The van der Waals surface area contributed by atoms with Gasteiger partial charge in [0, 0.05) is 32.1 Å². The van der Waals surface area contributed by atoms with Crippen LogP contribution in [0.3, 0.4) is 0 Å². The standard InChI is InChI=1S/C10H16O5Si2/c1-11-17(12-2,13-3)9-4-5-10-8(6-9)7-14-16-15-10/h4-6H,7,16H2,1-3H3. The van der Waals surface area contributed by atoms with Crippen LogP contribution < -0.4 is 9.61 Å². The van der Waals surface area contributed by atoms with Gasteiger partial charge in [-0.25, -0.2) is 0 Å². The summed E-state index contributed by atoms with van der Waals surface area (Å²) >= 11 is 0. The second kappa shape index (κ2) is 5.29. The van der Waals surface area contributed by atoms with E-state index >= 15 is 0 Å². The van der Waals surface area contributed by atoms with Crippen molar-refractivity contribution in [1.82, 2.24) is 0 Å². The minimum atomic E-state index is -2.75. The smallest absolute Gasteiger partial charge is 0.524 e. The van der Waals surface area contributed by atoms with Gasteiger partial charge in [-0.1, -0.05) is 6.07 Å². The van der Waals surface area contributed by atoms with Crippen molar-refractivity contribution in [2.75, 3.05) is 21.3 Å².